The number of carboxylic acid groups (broad SMARTS) is 1. The zero-order valence-corrected chi connectivity index (χ0v) is 9.77. The van der Waals surface area contributed by atoms with Crippen LogP contribution in [0, 0.1) is 29.1 Å². The molecule has 0 saturated carbocycles. The first-order valence-corrected chi connectivity index (χ1v) is 5.23. The maximum atomic E-state index is 11.4. The van der Waals surface area contributed by atoms with Crippen LogP contribution in [0.4, 0.5) is 0 Å². The molecule has 2 atom stereocenters. The zero-order valence-electron chi connectivity index (χ0n) is 9.77. The molecule has 0 bridgehead atoms. The van der Waals surface area contributed by atoms with Gasteiger partial charge in [0.2, 0.25) is 0 Å². The maximum absolute atomic E-state index is 11.4. The lowest BCUT2D eigenvalue weighted by Gasteiger charge is -2.17. The Kier molecular flexibility index (Phi) is 6.16. The molecule has 0 spiro atoms. The second kappa shape index (κ2) is 6.83. The summed E-state index contributed by atoms with van der Waals surface area (Å²) in [5.41, 5.74) is 0. The van der Waals surface area contributed by atoms with E-state index in [0.717, 1.165) is 0 Å². The molecule has 0 aliphatic heterocycles. The predicted octanol–water partition coefficient (Wildman–Crippen LogP) is 1.44. The Balaban J connectivity index is 4.81. The fourth-order valence-corrected chi connectivity index (χ4v) is 1.44. The lowest BCUT2D eigenvalue weighted by atomic mass is 9.86. The van der Waals surface area contributed by atoms with E-state index in [4.69, 9.17) is 10.4 Å². The van der Waals surface area contributed by atoms with E-state index < -0.39 is 23.8 Å². The van der Waals surface area contributed by atoms with E-state index in [1.807, 2.05) is 19.9 Å². The van der Waals surface area contributed by atoms with Crippen molar-refractivity contribution in [2.45, 2.75) is 27.2 Å². The summed E-state index contributed by atoms with van der Waals surface area (Å²) in [6.45, 7) is 5.45. The van der Waals surface area contributed by atoms with Crippen LogP contribution in [0.25, 0.3) is 0 Å². The zero-order chi connectivity index (χ0) is 12.7. The van der Waals surface area contributed by atoms with E-state index in [2.05, 4.69) is 4.74 Å². The number of carbonyl (C=O) groups excluding carboxylic acids is 1. The molecule has 0 aromatic heterocycles. The van der Waals surface area contributed by atoms with Crippen LogP contribution in [0.2, 0.25) is 0 Å². The minimum absolute atomic E-state index is 0.114. The molecule has 1 unspecified atom stereocenters. The fraction of sp³-hybridized carbons (Fsp3) is 0.727. The van der Waals surface area contributed by atoms with Crippen LogP contribution in [-0.4, -0.2) is 23.7 Å². The van der Waals surface area contributed by atoms with Crippen LogP contribution in [0.3, 0.4) is 0 Å². The van der Waals surface area contributed by atoms with E-state index in [-0.39, 0.29) is 12.5 Å². The van der Waals surface area contributed by atoms with Crippen molar-refractivity contribution in [3.8, 4) is 6.07 Å². The molecule has 5 heteroatoms. The standard InChI is InChI=1S/C11H17NO4/c1-4-16-11(15)9(10(13)14)8(6-12)5-7(2)3/h7-9H,4-5H2,1-3H3,(H,13,14)/t8?,9-/m0/s1. The third-order valence-electron chi connectivity index (χ3n) is 2.10. The Bertz CT molecular complexity index is 293. The molecule has 0 aliphatic rings. The lowest BCUT2D eigenvalue weighted by molar-refractivity contribution is -0.160. The molecular formula is C11H17NO4. The number of nitriles is 1. The number of aliphatic carboxylic acids is 1. The molecule has 16 heavy (non-hydrogen) atoms. The maximum Gasteiger partial charge on any atom is 0.321 e. The second-order valence-electron chi connectivity index (χ2n) is 3.93. The first kappa shape index (κ1) is 14.4. The van der Waals surface area contributed by atoms with Gasteiger partial charge in [-0.1, -0.05) is 13.8 Å². The molecule has 0 amide bonds. The Hall–Kier alpha value is -1.57. The van der Waals surface area contributed by atoms with Gasteiger partial charge in [-0.2, -0.15) is 5.26 Å². The topological polar surface area (TPSA) is 87.4 Å². The average molecular weight is 227 g/mol. The molecule has 5 nitrogen and oxygen atoms in total. The van der Waals surface area contributed by atoms with Crippen LogP contribution >= 0.6 is 0 Å². The van der Waals surface area contributed by atoms with E-state index in [1.165, 1.54) is 0 Å². The molecule has 0 aliphatic carbocycles. The largest absolute Gasteiger partial charge is 0.481 e. The average Bonchev–Trinajstić information content (AvgIpc) is 2.15. The summed E-state index contributed by atoms with van der Waals surface area (Å²) in [4.78, 5) is 22.4. The van der Waals surface area contributed by atoms with Crippen LogP contribution in [0.15, 0.2) is 0 Å². The van der Waals surface area contributed by atoms with Crippen molar-refractivity contribution in [2.24, 2.45) is 17.8 Å². The molecule has 0 fully saturated rings. The van der Waals surface area contributed by atoms with Gasteiger partial charge in [0.25, 0.3) is 0 Å². The van der Waals surface area contributed by atoms with Gasteiger partial charge in [0.05, 0.1) is 18.6 Å². The lowest BCUT2D eigenvalue weighted by Crippen LogP contribution is -2.33. The van der Waals surface area contributed by atoms with Gasteiger partial charge in [0.15, 0.2) is 5.92 Å². The van der Waals surface area contributed by atoms with Crippen molar-refractivity contribution < 1.29 is 19.4 Å². The first-order chi connectivity index (χ1) is 7.43. The smallest absolute Gasteiger partial charge is 0.321 e. The summed E-state index contributed by atoms with van der Waals surface area (Å²) in [6.07, 6.45) is 0.367. The van der Waals surface area contributed by atoms with Gasteiger partial charge >= 0.3 is 11.9 Å². The Morgan fingerprint density at radius 1 is 1.44 bits per heavy atom. The van der Waals surface area contributed by atoms with Crippen molar-refractivity contribution in [3.63, 3.8) is 0 Å². The predicted molar refractivity (Wildman–Crippen MR) is 56.3 cm³/mol. The summed E-state index contributed by atoms with van der Waals surface area (Å²) in [7, 11) is 0. The summed E-state index contributed by atoms with van der Waals surface area (Å²) < 4.78 is 4.66. The molecule has 90 valence electrons. The van der Waals surface area contributed by atoms with Crippen molar-refractivity contribution >= 4 is 11.9 Å². The number of carbonyl (C=O) groups is 2. The van der Waals surface area contributed by atoms with Gasteiger partial charge in [-0.05, 0) is 19.3 Å². The van der Waals surface area contributed by atoms with Gasteiger partial charge in [0, 0.05) is 0 Å². The number of hydrogen-bond donors (Lipinski definition) is 1. The van der Waals surface area contributed by atoms with E-state index >= 15 is 0 Å². The van der Waals surface area contributed by atoms with E-state index in [0.29, 0.717) is 6.42 Å². The van der Waals surface area contributed by atoms with Gasteiger partial charge in [-0.3, -0.25) is 9.59 Å². The summed E-state index contributed by atoms with van der Waals surface area (Å²) in [5, 5.41) is 17.8. The Morgan fingerprint density at radius 2 is 2.00 bits per heavy atom. The monoisotopic (exact) mass is 227 g/mol. The Morgan fingerprint density at radius 3 is 2.31 bits per heavy atom. The normalized spacial score (nSPS) is 13.9. The van der Waals surface area contributed by atoms with Crippen LogP contribution in [0.1, 0.15) is 27.2 Å². The number of rotatable bonds is 6. The highest BCUT2D eigenvalue weighted by Gasteiger charge is 2.36. The highest BCUT2D eigenvalue weighted by atomic mass is 16.5. The quantitative estimate of drug-likeness (QED) is 0.548. The molecule has 1 N–H and O–H groups in total. The van der Waals surface area contributed by atoms with Crippen molar-refractivity contribution in [3.05, 3.63) is 0 Å². The van der Waals surface area contributed by atoms with Crippen LogP contribution < -0.4 is 0 Å². The molecular weight excluding hydrogens is 210 g/mol. The van der Waals surface area contributed by atoms with Gasteiger partial charge in [-0.25, -0.2) is 0 Å². The minimum atomic E-state index is -1.38. The number of hydrogen-bond acceptors (Lipinski definition) is 4. The van der Waals surface area contributed by atoms with E-state index in [9.17, 15) is 9.59 Å². The third-order valence-corrected chi connectivity index (χ3v) is 2.10. The van der Waals surface area contributed by atoms with Crippen LogP contribution in [-0.2, 0) is 14.3 Å². The van der Waals surface area contributed by atoms with Gasteiger partial charge in [0.1, 0.15) is 0 Å². The summed E-state index contributed by atoms with van der Waals surface area (Å²) >= 11 is 0. The van der Waals surface area contributed by atoms with Crippen molar-refractivity contribution in [1.29, 1.82) is 5.26 Å². The molecule has 0 aromatic rings. The van der Waals surface area contributed by atoms with Crippen molar-refractivity contribution in [2.75, 3.05) is 6.61 Å². The fourth-order valence-electron chi connectivity index (χ4n) is 1.44. The van der Waals surface area contributed by atoms with Gasteiger partial charge in [-0.15, -0.1) is 0 Å². The van der Waals surface area contributed by atoms with E-state index in [1.54, 1.807) is 6.92 Å². The summed E-state index contributed by atoms with van der Waals surface area (Å²) in [6, 6.07) is 1.87. The highest BCUT2D eigenvalue weighted by molar-refractivity contribution is 5.94. The SMILES string of the molecule is CCOC(=O)[C@H](C(=O)O)C(C#N)CC(C)C. The number of nitrogens with zero attached hydrogens (tertiary/aromatic N) is 1. The number of carboxylic acids is 1. The highest BCUT2D eigenvalue weighted by Crippen LogP contribution is 2.21. The molecule has 0 radical (unpaired) electrons. The molecule has 0 aromatic carbocycles. The second-order valence-corrected chi connectivity index (χ2v) is 3.93. The van der Waals surface area contributed by atoms with Gasteiger partial charge < -0.3 is 9.84 Å². The third kappa shape index (κ3) is 4.30. The number of esters is 1. The van der Waals surface area contributed by atoms with Crippen LogP contribution in [0.5, 0.6) is 0 Å². The number of ether oxygens (including phenoxy) is 1. The summed E-state index contributed by atoms with van der Waals surface area (Å²) in [5.74, 6) is -4.20. The molecule has 0 saturated heterocycles. The Labute approximate surface area is 95.0 Å². The molecule has 0 rings (SSSR count). The first-order valence-electron chi connectivity index (χ1n) is 5.23. The molecule has 0 heterocycles. The minimum Gasteiger partial charge on any atom is -0.481 e. The van der Waals surface area contributed by atoms with Crippen molar-refractivity contribution in [1.82, 2.24) is 0 Å².